The predicted molar refractivity (Wildman–Crippen MR) is 159 cm³/mol. The Balaban J connectivity index is 1.42. The van der Waals surface area contributed by atoms with E-state index in [0.717, 1.165) is 15.8 Å². The number of cyclic esters (lactones) is 3. The zero-order valence-electron chi connectivity index (χ0n) is 24.8. The molecule has 230 valence electrons. The van der Waals surface area contributed by atoms with Crippen LogP contribution in [0.25, 0.3) is 10.9 Å². The van der Waals surface area contributed by atoms with Gasteiger partial charge in [-0.2, -0.15) is 0 Å². The molecule has 45 heavy (non-hydrogen) atoms. The standard InChI is InChI=1S/C34H30N2O9/c1-41-22-14-18(15-23(42-2)30(22)43-3)24-25-20-11-7-8-12-21(20)35-29(25)28(27-26(24)32(38)45-33(27)39)31(37)36-19(16-44-34(36)40)13-17-9-5-4-6-10-17/h4-12,14-15,19,24,26-28,35H,13,16H2,1-3H3/t19-,24-,26-,27-,28-/m0/s1. The van der Waals surface area contributed by atoms with E-state index in [4.69, 9.17) is 23.7 Å². The number of benzene rings is 3. The number of amides is 2. The molecule has 3 aliphatic rings. The van der Waals surface area contributed by atoms with Crippen LogP contribution in [0.2, 0.25) is 0 Å². The summed E-state index contributed by atoms with van der Waals surface area (Å²) >= 11 is 0. The van der Waals surface area contributed by atoms with Crippen molar-refractivity contribution in [3.05, 3.63) is 89.1 Å². The number of rotatable bonds is 7. The molecule has 0 radical (unpaired) electrons. The van der Waals surface area contributed by atoms with Crippen LogP contribution in [0.5, 0.6) is 17.2 Å². The Kier molecular flexibility index (Phi) is 6.95. The molecule has 0 saturated carbocycles. The number of carbonyl (C=O) groups is 4. The SMILES string of the molecule is COc1cc([C@H]2c3c([nH]c4ccccc34)[C@@H](C(=O)N3C(=O)OC[C@@H]3Cc3ccccc3)[C@H]3C(=O)OC(=O)[C@@H]23)cc(OC)c1OC. The van der Waals surface area contributed by atoms with E-state index < -0.39 is 53.7 Å². The van der Waals surface area contributed by atoms with Gasteiger partial charge in [0.15, 0.2) is 11.5 Å². The van der Waals surface area contributed by atoms with E-state index in [9.17, 15) is 19.2 Å². The van der Waals surface area contributed by atoms with Crippen LogP contribution in [-0.4, -0.2) is 67.8 Å². The molecule has 2 amide bonds. The lowest BCUT2D eigenvalue weighted by Crippen LogP contribution is -2.48. The third-order valence-corrected chi connectivity index (χ3v) is 9.07. The van der Waals surface area contributed by atoms with Crippen molar-refractivity contribution in [2.75, 3.05) is 27.9 Å². The van der Waals surface area contributed by atoms with Crippen LogP contribution in [-0.2, 0) is 30.3 Å². The zero-order valence-corrected chi connectivity index (χ0v) is 24.8. The lowest BCUT2D eigenvalue weighted by molar-refractivity contribution is -0.154. The Labute approximate surface area is 258 Å². The average Bonchev–Trinajstić information content (AvgIpc) is 3.71. The first-order chi connectivity index (χ1) is 21.9. The van der Waals surface area contributed by atoms with Crippen LogP contribution in [0.4, 0.5) is 4.79 Å². The Morgan fingerprint density at radius 3 is 2.24 bits per heavy atom. The van der Waals surface area contributed by atoms with Crippen molar-refractivity contribution in [2.24, 2.45) is 11.8 Å². The summed E-state index contributed by atoms with van der Waals surface area (Å²) in [5, 5.41) is 0.763. The topological polar surface area (TPSA) is 133 Å². The van der Waals surface area contributed by atoms with E-state index in [0.29, 0.717) is 46.0 Å². The van der Waals surface area contributed by atoms with Crippen LogP contribution in [0.3, 0.4) is 0 Å². The molecule has 11 heteroatoms. The number of esters is 2. The largest absolute Gasteiger partial charge is 0.493 e. The third kappa shape index (κ3) is 4.41. The number of nitrogens with zero attached hydrogens (tertiary/aromatic N) is 1. The molecule has 3 aromatic carbocycles. The zero-order chi connectivity index (χ0) is 31.4. The highest BCUT2D eigenvalue weighted by molar-refractivity contribution is 6.07. The van der Waals surface area contributed by atoms with Gasteiger partial charge in [0.1, 0.15) is 6.61 Å². The number of methoxy groups -OCH3 is 3. The van der Waals surface area contributed by atoms with Crippen molar-refractivity contribution in [1.82, 2.24) is 9.88 Å². The third-order valence-electron chi connectivity index (χ3n) is 9.07. The van der Waals surface area contributed by atoms with Crippen LogP contribution >= 0.6 is 0 Å². The molecule has 4 aromatic rings. The number of aromatic nitrogens is 1. The molecule has 1 aliphatic carbocycles. The maximum Gasteiger partial charge on any atom is 0.417 e. The van der Waals surface area contributed by atoms with Crippen LogP contribution < -0.4 is 14.2 Å². The molecule has 11 nitrogen and oxygen atoms in total. The van der Waals surface area contributed by atoms with Gasteiger partial charge in [0, 0.05) is 22.5 Å². The number of hydrogen-bond acceptors (Lipinski definition) is 9. The fraction of sp³-hybridized carbons (Fsp3) is 0.294. The Hall–Kier alpha value is -5.32. The summed E-state index contributed by atoms with van der Waals surface area (Å²) in [6.07, 6.45) is -0.421. The van der Waals surface area contributed by atoms with E-state index >= 15 is 0 Å². The minimum Gasteiger partial charge on any atom is -0.493 e. The number of ether oxygens (including phenoxy) is 5. The van der Waals surface area contributed by atoms with Crippen LogP contribution in [0.1, 0.15) is 34.2 Å². The molecule has 3 heterocycles. The average molecular weight is 611 g/mol. The molecule has 1 aromatic heterocycles. The highest BCUT2D eigenvalue weighted by atomic mass is 16.6. The second-order valence-corrected chi connectivity index (χ2v) is 11.3. The van der Waals surface area contributed by atoms with Crippen molar-refractivity contribution in [1.29, 1.82) is 0 Å². The number of hydrogen-bond donors (Lipinski definition) is 1. The number of imide groups is 1. The summed E-state index contributed by atoms with van der Waals surface area (Å²) < 4.78 is 27.4. The van der Waals surface area contributed by atoms with Crippen molar-refractivity contribution >= 4 is 34.8 Å². The minimum absolute atomic E-state index is 0.0112. The van der Waals surface area contributed by atoms with Crippen molar-refractivity contribution in [3.63, 3.8) is 0 Å². The highest BCUT2D eigenvalue weighted by Crippen LogP contribution is 2.56. The molecule has 2 saturated heterocycles. The predicted octanol–water partition coefficient (Wildman–Crippen LogP) is 4.33. The molecule has 2 fully saturated rings. The van der Waals surface area contributed by atoms with E-state index in [1.54, 1.807) is 12.1 Å². The number of nitrogens with one attached hydrogen (secondary N) is 1. The smallest absolute Gasteiger partial charge is 0.417 e. The maximum atomic E-state index is 14.6. The summed E-state index contributed by atoms with van der Waals surface area (Å²) in [6, 6.07) is 19.8. The summed E-state index contributed by atoms with van der Waals surface area (Å²) in [7, 11) is 4.47. The molecule has 0 bridgehead atoms. The van der Waals surface area contributed by atoms with Crippen LogP contribution in [0.15, 0.2) is 66.7 Å². The first-order valence-electron chi connectivity index (χ1n) is 14.6. The molecule has 5 atom stereocenters. The first-order valence-corrected chi connectivity index (χ1v) is 14.6. The fourth-order valence-corrected chi connectivity index (χ4v) is 7.19. The van der Waals surface area contributed by atoms with Gasteiger partial charge in [-0.25, -0.2) is 9.69 Å². The van der Waals surface area contributed by atoms with Gasteiger partial charge in [-0.1, -0.05) is 48.5 Å². The summed E-state index contributed by atoms with van der Waals surface area (Å²) in [5.74, 6) is -5.33. The van der Waals surface area contributed by atoms with Gasteiger partial charge < -0.3 is 28.7 Å². The lowest BCUT2D eigenvalue weighted by atomic mass is 9.64. The van der Waals surface area contributed by atoms with Gasteiger partial charge in [0.2, 0.25) is 11.7 Å². The molecule has 0 spiro atoms. The Morgan fingerprint density at radius 2 is 1.56 bits per heavy atom. The van der Waals surface area contributed by atoms with E-state index in [-0.39, 0.29) is 6.61 Å². The fourth-order valence-electron chi connectivity index (χ4n) is 7.19. The molecule has 7 rings (SSSR count). The second kappa shape index (κ2) is 11.0. The van der Waals surface area contributed by atoms with Gasteiger partial charge in [0.05, 0.1) is 45.1 Å². The molecular formula is C34H30N2O9. The van der Waals surface area contributed by atoms with Crippen LogP contribution in [0, 0.1) is 11.8 Å². The first kappa shape index (κ1) is 28.5. The molecular weight excluding hydrogens is 580 g/mol. The van der Waals surface area contributed by atoms with Gasteiger partial charge >= 0.3 is 18.0 Å². The summed E-state index contributed by atoms with van der Waals surface area (Å²) in [4.78, 5) is 59.3. The minimum atomic E-state index is -1.21. The van der Waals surface area contributed by atoms with Gasteiger partial charge in [-0.3, -0.25) is 14.4 Å². The highest BCUT2D eigenvalue weighted by Gasteiger charge is 2.61. The summed E-state index contributed by atoms with van der Waals surface area (Å²) in [6.45, 7) is 0.0112. The van der Waals surface area contributed by atoms with Gasteiger partial charge in [0.25, 0.3) is 0 Å². The second-order valence-electron chi connectivity index (χ2n) is 11.3. The van der Waals surface area contributed by atoms with E-state index in [1.807, 2.05) is 54.6 Å². The Bertz CT molecular complexity index is 1820. The lowest BCUT2D eigenvalue weighted by Gasteiger charge is -2.37. The molecule has 2 aliphatic heterocycles. The Morgan fingerprint density at radius 1 is 0.889 bits per heavy atom. The quantitative estimate of drug-likeness (QED) is 0.240. The monoisotopic (exact) mass is 610 g/mol. The number of H-pyrrole nitrogens is 1. The van der Waals surface area contributed by atoms with Gasteiger partial charge in [-0.15, -0.1) is 0 Å². The maximum absolute atomic E-state index is 14.6. The van der Waals surface area contributed by atoms with Crippen molar-refractivity contribution in [3.8, 4) is 17.2 Å². The molecule has 1 N–H and O–H groups in total. The number of aromatic amines is 1. The van der Waals surface area contributed by atoms with Crippen molar-refractivity contribution < 1.29 is 42.9 Å². The summed E-state index contributed by atoms with van der Waals surface area (Å²) in [5.41, 5.74) is 3.32. The van der Waals surface area contributed by atoms with Gasteiger partial charge in [-0.05, 0) is 41.3 Å². The number of para-hydroxylation sites is 1. The normalized spacial score (nSPS) is 23.8. The van der Waals surface area contributed by atoms with E-state index in [1.165, 1.54) is 21.3 Å². The van der Waals surface area contributed by atoms with Crippen molar-refractivity contribution in [2.45, 2.75) is 24.3 Å². The molecule has 0 unspecified atom stereocenters. The number of carbonyl (C=O) groups excluding carboxylic acids is 4. The van der Waals surface area contributed by atoms with E-state index in [2.05, 4.69) is 4.98 Å². The number of fused-ring (bicyclic) bond motifs is 4.